The highest BCUT2D eigenvalue weighted by Crippen LogP contribution is 2.02. The van der Waals surface area contributed by atoms with Gasteiger partial charge in [0.15, 0.2) is 0 Å². The summed E-state index contributed by atoms with van der Waals surface area (Å²) in [6, 6.07) is 7.52. The monoisotopic (exact) mass is 229 g/mol. The molecule has 0 heterocycles. The van der Waals surface area contributed by atoms with E-state index in [1.54, 1.807) is 6.92 Å². The Bertz CT molecular complexity index is 311. The first-order valence-electron chi connectivity index (χ1n) is 4.61. The number of hydrogen-bond acceptors (Lipinski definition) is 2. The summed E-state index contributed by atoms with van der Waals surface area (Å²) in [6.07, 6.45) is 0. The molecule has 1 aromatic carbocycles. The van der Waals surface area contributed by atoms with Gasteiger partial charge < -0.3 is 10.4 Å². The molecular weight excluding hydrogens is 214 g/mol. The van der Waals surface area contributed by atoms with Crippen molar-refractivity contribution in [3.8, 4) is 0 Å². The highest BCUT2D eigenvalue weighted by atomic mass is 35.5. The molecule has 0 saturated heterocycles. The smallest absolute Gasteiger partial charge is 0.320 e. The van der Waals surface area contributed by atoms with Crippen molar-refractivity contribution in [3.05, 3.63) is 35.4 Å². The summed E-state index contributed by atoms with van der Waals surface area (Å²) in [6.45, 7) is 4.25. The molecule has 84 valence electrons. The highest BCUT2D eigenvalue weighted by Gasteiger charge is 2.08. The second-order valence-corrected chi connectivity index (χ2v) is 3.43. The third kappa shape index (κ3) is 4.81. The summed E-state index contributed by atoms with van der Waals surface area (Å²) >= 11 is 0. The molecule has 0 amide bonds. The van der Waals surface area contributed by atoms with Crippen molar-refractivity contribution < 1.29 is 9.90 Å². The molecule has 4 heteroatoms. The van der Waals surface area contributed by atoms with E-state index in [2.05, 4.69) is 5.32 Å². The number of carboxylic acid groups (broad SMARTS) is 1. The fraction of sp³-hybridized carbons (Fsp3) is 0.364. The van der Waals surface area contributed by atoms with E-state index in [0.717, 1.165) is 5.56 Å². The fourth-order valence-electron chi connectivity index (χ4n) is 1.06. The number of aliphatic carboxylic acids is 1. The average molecular weight is 230 g/mol. The molecule has 0 aliphatic heterocycles. The predicted octanol–water partition coefficient (Wildman–Crippen LogP) is 1.98. The molecule has 0 radical (unpaired) electrons. The van der Waals surface area contributed by atoms with Gasteiger partial charge in [0.1, 0.15) is 6.04 Å². The third-order valence-electron chi connectivity index (χ3n) is 2.10. The van der Waals surface area contributed by atoms with Crippen molar-refractivity contribution in [1.29, 1.82) is 0 Å². The third-order valence-corrected chi connectivity index (χ3v) is 2.10. The standard InChI is InChI=1S/C11H15NO2.ClH/c1-8-3-5-10(6-4-8)7-12-9(2)11(13)14;/h3-6,9,12H,7H2,1-2H3,(H,13,14);1H. The lowest BCUT2D eigenvalue weighted by Crippen LogP contribution is -2.33. The molecule has 0 spiro atoms. The van der Waals surface area contributed by atoms with Gasteiger partial charge >= 0.3 is 5.97 Å². The predicted molar refractivity (Wildman–Crippen MR) is 62.4 cm³/mol. The van der Waals surface area contributed by atoms with Crippen LogP contribution in [0.4, 0.5) is 0 Å². The lowest BCUT2D eigenvalue weighted by Gasteiger charge is -2.08. The van der Waals surface area contributed by atoms with Crippen molar-refractivity contribution in [2.24, 2.45) is 0 Å². The molecular formula is C11H16ClNO2. The zero-order valence-electron chi connectivity index (χ0n) is 8.86. The first-order chi connectivity index (χ1) is 6.59. The Morgan fingerprint density at radius 3 is 2.40 bits per heavy atom. The van der Waals surface area contributed by atoms with Gasteiger partial charge in [-0.3, -0.25) is 4.79 Å². The first kappa shape index (κ1) is 13.9. The van der Waals surface area contributed by atoms with E-state index in [0.29, 0.717) is 6.54 Å². The van der Waals surface area contributed by atoms with Crippen LogP contribution in [0.25, 0.3) is 0 Å². The second-order valence-electron chi connectivity index (χ2n) is 3.43. The summed E-state index contributed by atoms with van der Waals surface area (Å²) in [4.78, 5) is 10.5. The minimum atomic E-state index is -0.822. The molecule has 1 aromatic rings. The Balaban J connectivity index is 0.00000196. The minimum Gasteiger partial charge on any atom is -0.480 e. The van der Waals surface area contributed by atoms with Crippen LogP contribution in [0, 0.1) is 6.92 Å². The summed E-state index contributed by atoms with van der Waals surface area (Å²) in [7, 11) is 0. The summed E-state index contributed by atoms with van der Waals surface area (Å²) in [5.74, 6) is -0.822. The molecule has 1 atom stereocenters. The van der Waals surface area contributed by atoms with Gasteiger partial charge in [-0.2, -0.15) is 0 Å². The number of hydrogen-bond donors (Lipinski definition) is 2. The SMILES string of the molecule is Cc1ccc(CNC(C)C(=O)O)cc1.Cl. The number of nitrogens with one attached hydrogen (secondary N) is 1. The van der Waals surface area contributed by atoms with E-state index in [4.69, 9.17) is 5.11 Å². The lowest BCUT2D eigenvalue weighted by atomic mass is 10.1. The van der Waals surface area contributed by atoms with Crippen LogP contribution in [-0.4, -0.2) is 17.1 Å². The first-order valence-corrected chi connectivity index (χ1v) is 4.61. The number of carbonyl (C=O) groups is 1. The average Bonchev–Trinajstić information content (AvgIpc) is 2.16. The van der Waals surface area contributed by atoms with Crippen molar-refractivity contribution in [2.45, 2.75) is 26.4 Å². The van der Waals surface area contributed by atoms with E-state index in [-0.39, 0.29) is 12.4 Å². The zero-order chi connectivity index (χ0) is 10.6. The maximum absolute atomic E-state index is 10.5. The van der Waals surface area contributed by atoms with E-state index >= 15 is 0 Å². The van der Waals surface area contributed by atoms with Crippen LogP contribution in [0.3, 0.4) is 0 Å². The topological polar surface area (TPSA) is 49.3 Å². The molecule has 0 fully saturated rings. The van der Waals surface area contributed by atoms with E-state index in [1.165, 1.54) is 5.56 Å². The number of carboxylic acids is 1. The van der Waals surface area contributed by atoms with Crippen LogP contribution in [0.5, 0.6) is 0 Å². The van der Waals surface area contributed by atoms with Gasteiger partial charge in [0, 0.05) is 6.54 Å². The number of aryl methyl sites for hydroxylation is 1. The number of halogens is 1. The fourth-order valence-corrected chi connectivity index (χ4v) is 1.06. The molecule has 2 N–H and O–H groups in total. The Morgan fingerprint density at radius 1 is 1.40 bits per heavy atom. The Kier molecular flexibility index (Phi) is 5.97. The molecule has 15 heavy (non-hydrogen) atoms. The Hall–Kier alpha value is -1.06. The van der Waals surface area contributed by atoms with Crippen LogP contribution in [0.1, 0.15) is 18.1 Å². The molecule has 1 unspecified atom stereocenters. The second kappa shape index (κ2) is 6.43. The summed E-state index contributed by atoms with van der Waals surface area (Å²) < 4.78 is 0. The van der Waals surface area contributed by atoms with Gasteiger partial charge in [-0.25, -0.2) is 0 Å². The van der Waals surface area contributed by atoms with E-state index in [9.17, 15) is 4.79 Å². The van der Waals surface area contributed by atoms with Gasteiger partial charge in [0.05, 0.1) is 0 Å². The van der Waals surface area contributed by atoms with Gasteiger partial charge in [-0.05, 0) is 19.4 Å². The van der Waals surface area contributed by atoms with Crippen molar-refractivity contribution >= 4 is 18.4 Å². The quantitative estimate of drug-likeness (QED) is 0.830. The van der Waals surface area contributed by atoms with Crippen molar-refractivity contribution in [1.82, 2.24) is 5.32 Å². The molecule has 0 saturated carbocycles. The molecule has 0 aromatic heterocycles. The zero-order valence-corrected chi connectivity index (χ0v) is 9.67. The highest BCUT2D eigenvalue weighted by molar-refractivity contribution is 5.85. The normalized spacial score (nSPS) is 11.6. The van der Waals surface area contributed by atoms with Crippen LogP contribution < -0.4 is 5.32 Å². The maximum Gasteiger partial charge on any atom is 0.320 e. The number of rotatable bonds is 4. The van der Waals surface area contributed by atoms with E-state index in [1.807, 2.05) is 31.2 Å². The largest absolute Gasteiger partial charge is 0.480 e. The van der Waals surface area contributed by atoms with Gasteiger partial charge in [-0.1, -0.05) is 29.8 Å². The Labute approximate surface area is 95.9 Å². The molecule has 3 nitrogen and oxygen atoms in total. The van der Waals surface area contributed by atoms with Crippen LogP contribution >= 0.6 is 12.4 Å². The molecule has 1 rings (SSSR count). The summed E-state index contributed by atoms with van der Waals surface area (Å²) in [5, 5.41) is 11.6. The van der Waals surface area contributed by atoms with E-state index < -0.39 is 12.0 Å². The van der Waals surface area contributed by atoms with Crippen LogP contribution in [0.2, 0.25) is 0 Å². The van der Waals surface area contributed by atoms with Crippen molar-refractivity contribution in [3.63, 3.8) is 0 Å². The van der Waals surface area contributed by atoms with Gasteiger partial charge in [0.2, 0.25) is 0 Å². The molecule has 0 bridgehead atoms. The minimum absolute atomic E-state index is 0. The van der Waals surface area contributed by atoms with Crippen molar-refractivity contribution in [2.75, 3.05) is 0 Å². The van der Waals surface area contributed by atoms with Crippen LogP contribution in [-0.2, 0) is 11.3 Å². The molecule has 0 aliphatic rings. The number of benzene rings is 1. The lowest BCUT2D eigenvalue weighted by molar-refractivity contribution is -0.139. The van der Waals surface area contributed by atoms with Crippen LogP contribution in [0.15, 0.2) is 24.3 Å². The molecule has 0 aliphatic carbocycles. The maximum atomic E-state index is 10.5. The van der Waals surface area contributed by atoms with Gasteiger partial charge in [0.25, 0.3) is 0 Å². The Morgan fingerprint density at radius 2 is 1.93 bits per heavy atom. The van der Waals surface area contributed by atoms with Gasteiger partial charge in [-0.15, -0.1) is 12.4 Å². The summed E-state index contributed by atoms with van der Waals surface area (Å²) in [5.41, 5.74) is 2.31.